The summed E-state index contributed by atoms with van der Waals surface area (Å²) in [6.45, 7) is 2.15. The van der Waals surface area contributed by atoms with E-state index in [1.54, 1.807) is 12.1 Å². The van der Waals surface area contributed by atoms with Crippen LogP contribution in [0.4, 0.5) is 0 Å². The van der Waals surface area contributed by atoms with Crippen molar-refractivity contribution in [3.8, 4) is 11.1 Å². The molecule has 3 rings (SSSR count). The van der Waals surface area contributed by atoms with Gasteiger partial charge in [0.2, 0.25) is 5.91 Å². The molecule has 0 radical (unpaired) electrons. The number of hydrogen-bond acceptors (Lipinski definition) is 3. The maximum absolute atomic E-state index is 12.2. The van der Waals surface area contributed by atoms with Gasteiger partial charge in [0.25, 0.3) is 0 Å². The van der Waals surface area contributed by atoms with Crippen molar-refractivity contribution in [2.75, 3.05) is 19.8 Å². The van der Waals surface area contributed by atoms with Gasteiger partial charge in [-0.2, -0.15) is 0 Å². The van der Waals surface area contributed by atoms with Crippen molar-refractivity contribution >= 4 is 29.1 Å². The Hall–Kier alpha value is -1.59. The van der Waals surface area contributed by atoms with Crippen molar-refractivity contribution in [3.63, 3.8) is 0 Å². The Labute approximate surface area is 151 Å². The number of benzene rings is 2. The second kappa shape index (κ2) is 7.99. The molecule has 1 saturated heterocycles. The van der Waals surface area contributed by atoms with Crippen molar-refractivity contribution in [1.82, 2.24) is 10.6 Å². The molecule has 4 nitrogen and oxygen atoms in total. The number of hydrogen-bond donors (Lipinski definition) is 2. The third kappa shape index (κ3) is 4.08. The van der Waals surface area contributed by atoms with E-state index in [0.29, 0.717) is 36.3 Å². The number of carbonyl (C=O) groups is 1. The summed E-state index contributed by atoms with van der Waals surface area (Å²) in [4.78, 5) is 12.2. The molecule has 2 aromatic carbocycles. The standard InChI is InChI=1S/C18H18Cl2N2O2/c19-13-5-6-15(16(20)9-13)14-4-2-1-3-12(14)10-22-18(23)17-11-24-8-7-21-17/h1-6,9,17,21H,7-8,10-11H2,(H,22,23). The summed E-state index contributed by atoms with van der Waals surface area (Å²) in [6.07, 6.45) is 0. The Morgan fingerprint density at radius 3 is 2.79 bits per heavy atom. The zero-order valence-electron chi connectivity index (χ0n) is 13.0. The van der Waals surface area contributed by atoms with E-state index in [2.05, 4.69) is 10.6 Å². The highest BCUT2D eigenvalue weighted by atomic mass is 35.5. The molecule has 2 aromatic rings. The SMILES string of the molecule is O=C(NCc1ccccc1-c1ccc(Cl)cc1Cl)C1COCCN1. The highest BCUT2D eigenvalue weighted by Crippen LogP contribution is 2.32. The summed E-state index contributed by atoms with van der Waals surface area (Å²) in [5.41, 5.74) is 2.86. The molecule has 1 unspecified atom stereocenters. The predicted octanol–water partition coefficient (Wildman–Crippen LogP) is 3.27. The number of halogens is 2. The fourth-order valence-corrected chi connectivity index (χ4v) is 3.19. The summed E-state index contributed by atoms with van der Waals surface area (Å²) in [5.74, 6) is -0.0632. The molecule has 2 N–H and O–H groups in total. The van der Waals surface area contributed by atoms with Crippen LogP contribution < -0.4 is 10.6 Å². The van der Waals surface area contributed by atoms with E-state index in [4.69, 9.17) is 27.9 Å². The Balaban J connectivity index is 1.75. The quantitative estimate of drug-likeness (QED) is 0.875. The molecule has 1 atom stereocenters. The van der Waals surface area contributed by atoms with E-state index >= 15 is 0 Å². The molecule has 0 bridgehead atoms. The topological polar surface area (TPSA) is 50.4 Å². The van der Waals surface area contributed by atoms with Crippen molar-refractivity contribution in [1.29, 1.82) is 0 Å². The minimum atomic E-state index is -0.301. The molecular formula is C18H18Cl2N2O2. The average Bonchev–Trinajstić information content (AvgIpc) is 2.61. The lowest BCUT2D eigenvalue weighted by molar-refractivity contribution is -0.126. The van der Waals surface area contributed by atoms with Gasteiger partial charge in [-0.3, -0.25) is 4.79 Å². The second-order valence-electron chi connectivity index (χ2n) is 5.58. The lowest BCUT2D eigenvalue weighted by atomic mass is 9.99. The van der Waals surface area contributed by atoms with Gasteiger partial charge in [-0.15, -0.1) is 0 Å². The Bertz CT molecular complexity index is 731. The highest BCUT2D eigenvalue weighted by Gasteiger charge is 2.21. The first-order valence-corrected chi connectivity index (χ1v) is 8.53. The molecule has 0 saturated carbocycles. The molecule has 1 amide bonds. The molecule has 1 aliphatic heterocycles. The molecule has 24 heavy (non-hydrogen) atoms. The Morgan fingerprint density at radius 1 is 1.21 bits per heavy atom. The average molecular weight is 365 g/mol. The highest BCUT2D eigenvalue weighted by molar-refractivity contribution is 6.36. The fraction of sp³-hybridized carbons (Fsp3) is 0.278. The van der Waals surface area contributed by atoms with Gasteiger partial charge in [0.1, 0.15) is 6.04 Å². The van der Waals surface area contributed by atoms with Gasteiger partial charge < -0.3 is 15.4 Å². The molecule has 126 valence electrons. The second-order valence-corrected chi connectivity index (χ2v) is 6.42. The third-order valence-corrected chi connectivity index (χ3v) is 4.48. The monoisotopic (exact) mass is 364 g/mol. The lowest BCUT2D eigenvalue weighted by Crippen LogP contribution is -2.51. The minimum absolute atomic E-state index is 0.0632. The van der Waals surface area contributed by atoms with Gasteiger partial charge in [-0.05, 0) is 23.3 Å². The Kier molecular flexibility index (Phi) is 5.74. The molecule has 6 heteroatoms. The minimum Gasteiger partial charge on any atom is -0.378 e. The van der Waals surface area contributed by atoms with Crippen LogP contribution >= 0.6 is 23.2 Å². The summed E-state index contributed by atoms with van der Waals surface area (Å²) >= 11 is 12.3. The largest absolute Gasteiger partial charge is 0.378 e. The lowest BCUT2D eigenvalue weighted by Gasteiger charge is -2.23. The van der Waals surface area contributed by atoms with Gasteiger partial charge in [0.05, 0.1) is 13.2 Å². The van der Waals surface area contributed by atoms with Crippen molar-refractivity contribution in [2.45, 2.75) is 12.6 Å². The van der Waals surface area contributed by atoms with Crippen LogP contribution in [0.3, 0.4) is 0 Å². The number of amides is 1. The van der Waals surface area contributed by atoms with Gasteiger partial charge >= 0.3 is 0 Å². The molecular weight excluding hydrogens is 347 g/mol. The molecule has 0 aromatic heterocycles. The summed E-state index contributed by atoms with van der Waals surface area (Å²) < 4.78 is 5.32. The molecule has 1 heterocycles. The van der Waals surface area contributed by atoms with E-state index in [-0.39, 0.29) is 11.9 Å². The fourth-order valence-electron chi connectivity index (χ4n) is 2.68. The van der Waals surface area contributed by atoms with Crippen molar-refractivity contribution in [3.05, 3.63) is 58.1 Å². The maximum Gasteiger partial charge on any atom is 0.239 e. The van der Waals surface area contributed by atoms with Gasteiger partial charge in [0, 0.05) is 28.7 Å². The zero-order chi connectivity index (χ0) is 16.9. The van der Waals surface area contributed by atoms with E-state index in [9.17, 15) is 4.79 Å². The zero-order valence-corrected chi connectivity index (χ0v) is 14.5. The van der Waals surface area contributed by atoms with E-state index in [0.717, 1.165) is 16.7 Å². The third-order valence-electron chi connectivity index (χ3n) is 3.93. The van der Waals surface area contributed by atoms with Crippen LogP contribution in [-0.2, 0) is 16.1 Å². The van der Waals surface area contributed by atoms with Crippen LogP contribution in [0.15, 0.2) is 42.5 Å². The maximum atomic E-state index is 12.2. The molecule has 0 spiro atoms. The van der Waals surface area contributed by atoms with Gasteiger partial charge in [-0.1, -0.05) is 53.5 Å². The van der Waals surface area contributed by atoms with Crippen LogP contribution in [0.1, 0.15) is 5.56 Å². The number of ether oxygens (including phenoxy) is 1. The normalized spacial score (nSPS) is 17.5. The van der Waals surface area contributed by atoms with Crippen LogP contribution in [0.5, 0.6) is 0 Å². The summed E-state index contributed by atoms with van der Waals surface area (Å²) in [5, 5.41) is 7.29. The predicted molar refractivity (Wildman–Crippen MR) is 96.4 cm³/mol. The summed E-state index contributed by atoms with van der Waals surface area (Å²) in [6, 6.07) is 13.0. The van der Waals surface area contributed by atoms with Crippen LogP contribution in [0.25, 0.3) is 11.1 Å². The van der Waals surface area contributed by atoms with E-state index in [1.807, 2.05) is 30.3 Å². The number of carbonyl (C=O) groups excluding carboxylic acids is 1. The van der Waals surface area contributed by atoms with Crippen LogP contribution in [-0.4, -0.2) is 31.7 Å². The first-order valence-electron chi connectivity index (χ1n) is 7.77. The van der Waals surface area contributed by atoms with Gasteiger partial charge in [-0.25, -0.2) is 0 Å². The van der Waals surface area contributed by atoms with Crippen LogP contribution in [0.2, 0.25) is 10.0 Å². The molecule has 1 fully saturated rings. The van der Waals surface area contributed by atoms with E-state index < -0.39 is 0 Å². The smallest absolute Gasteiger partial charge is 0.239 e. The van der Waals surface area contributed by atoms with E-state index in [1.165, 1.54) is 0 Å². The van der Waals surface area contributed by atoms with Gasteiger partial charge in [0.15, 0.2) is 0 Å². The molecule has 1 aliphatic rings. The Morgan fingerprint density at radius 2 is 2.04 bits per heavy atom. The summed E-state index contributed by atoms with van der Waals surface area (Å²) in [7, 11) is 0. The number of rotatable bonds is 4. The molecule has 0 aliphatic carbocycles. The van der Waals surface area contributed by atoms with Crippen molar-refractivity contribution in [2.24, 2.45) is 0 Å². The van der Waals surface area contributed by atoms with Crippen LogP contribution in [0, 0.1) is 0 Å². The first kappa shape index (κ1) is 17.2. The van der Waals surface area contributed by atoms with Crippen molar-refractivity contribution < 1.29 is 9.53 Å². The number of morpholine rings is 1. The number of nitrogens with one attached hydrogen (secondary N) is 2. The first-order chi connectivity index (χ1) is 11.6.